The van der Waals surface area contributed by atoms with Crippen molar-refractivity contribution in [2.45, 2.75) is 32.2 Å². The van der Waals surface area contributed by atoms with E-state index in [1.807, 2.05) is 11.4 Å². The molecule has 1 aromatic heterocycles. The summed E-state index contributed by atoms with van der Waals surface area (Å²) in [5.41, 5.74) is 1.64. The summed E-state index contributed by atoms with van der Waals surface area (Å²) in [6, 6.07) is 4.75. The normalized spacial score (nSPS) is 19.9. The maximum atomic E-state index is 13.9. The zero-order valence-corrected chi connectivity index (χ0v) is 13.8. The van der Waals surface area contributed by atoms with Crippen LogP contribution in [0.25, 0.3) is 0 Å². The Hall–Kier alpha value is -1.95. The first kappa shape index (κ1) is 15.9. The topological polar surface area (TPSA) is 54.0 Å². The molecule has 4 nitrogen and oxygen atoms in total. The lowest BCUT2D eigenvalue weighted by Gasteiger charge is -2.32. The second kappa shape index (κ2) is 7.08. The summed E-state index contributed by atoms with van der Waals surface area (Å²) >= 11 is 1.58. The van der Waals surface area contributed by atoms with E-state index in [0.29, 0.717) is 6.54 Å². The van der Waals surface area contributed by atoms with Crippen LogP contribution in [-0.4, -0.2) is 17.6 Å². The van der Waals surface area contributed by atoms with E-state index in [1.54, 1.807) is 23.6 Å². The second-order valence-electron chi connectivity index (χ2n) is 5.88. The number of rotatable bonds is 4. The second-order valence-corrected chi connectivity index (χ2v) is 6.86. The van der Waals surface area contributed by atoms with Crippen LogP contribution in [0.1, 0.15) is 35.5 Å². The molecule has 0 spiro atoms. The molecule has 3 rings (SSSR count). The first-order valence-corrected chi connectivity index (χ1v) is 8.73. The molecule has 2 unspecified atom stereocenters. The van der Waals surface area contributed by atoms with E-state index in [-0.39, 0.29) is 23.8 Å². The van der Waals surface area contributed by atoms with Crippen molar-refractivity contribution < 1.29 is 9.18 Å². The number of hydrogen-bond acceptors (Lipinski definition) is 3. The van der Waals surface area contributed by atoms with Gasteiger partial charge in [-0.05, 0) is 36.0 Å². The molecule has 0 fully saturated rings. The van der Waals surface area contributed by atoms with Gasteiger partial charge in [0.1, 0.15) is 5.82 Å². The van der Waals surface area contributed by atoms with Gasteiger partial charge in [0.25, 0.3) is 0 Å². The van der Waals surface area contributed by atoms with Crippen molar-refractivity contribution in [3.8, 4) is 0 Å². The minimum absolute atomic E-state index is 0.144. The summed E-state index contributed by atoms with van der Waals surface area (Å²) in [6.45, 7) is 2.63. The summed E-state index contributed by atoms with van der Waals surface area (Å²) in [5.74, 6) is 0.111. The Morgan fingerprint density at radius 3 is 3.13 bits per heavy atom. The van der Waals surface area contributed by atoms with E-state index in [0.717, 1.165) is 35.4 Å². The summed E-state index contributed by atoms with van der Waals surface area (Å²) < 4.78 is 13.9. The minimum Gasteiger partial charge on any atom is -0.338 e. The van der Waals surface area contributed by atoms with E-state index in [2.05, 4.69) is 22.5 Å². The molecule has 23 heavy (non-hydrogen) atoms. The molecule has 0 saturated carbocycles. The molecule has 1 heterocycles. The van der Waals surface area contributed by atoms with Gasteiger partial charge in [0.2, 0.25) is 0 Å². The number of nitrogens with one attached hydrogen (secondary N) is 2. The molecule has 0 saturated heterocycles. The van der Waals surface area contributed by atoms with Crippen LogP contribution in [0, 0.1) is 11.7 Å². The lowest BCUT2D eigenvalue weighted by atomic mass is 9.80. The Bertz CT molecular complexity index is 674. The zero-order valence-electron chi connectivity index (χ0n) is 13.0. The van der Waals surface area contributed by atoms with Gasteiger partial charge in [-0.15, -0.1) is 11.3 Å². The van der Waals surface area contributed by atoms with Gasteiger partial charge in [0.15, 0.2) is 0 Å². The van der Waals surface area contributed by atoms with E-state index < -0.39 is 0 Å². The van der Waals surface area contributed by atoms with Gasteiger partial charge in [-0.1, -0.05) is 19.1 Å². The Morgan fingerprint density at radius 1 is 1.48 bits per heavy atom. The highest BCUT2D eigenvalue weighted by Crippen LogP contribution is 2.35. The molecule has 0 radical (unpaired) electrons. The van der Waals surface area contributed by atoms with E-state index in [9.17, 15) is 9.18 Å². The number of carbonyl (C=O) groups excluding carboxylic acids is 1. The third kappa shape index (κ3) is 3.69. The Morgan fingerprint density at radius 2 is 2.35 bits per heavy atom. The Balaban J connectivity index is 1.60. The van der Waals surface area contributed by atoms with Gasteiger partial charge in [0.05, 0.1) is 11.0 Å². The number of fused-ring (bicyclic) bond motifs is 1. The highest BCUT2D eigenvalue weighted by molar-refractivity contribution is 7.09. The van der Waals surface area contributed by atoms with Gasteiger partial charge in [-0.3, -0.25) is 0 Å². The highest BCUT2D eigenvalue weighted by Gasteiger charge is 2.29. The SMILES string of the molecule is CC1CCc2c(F)cccc2C1NC(=O)NCCc1nccs1. The number of urea groups is 1. The first-order valence-electron chi connectivity index (χ1n) is 7.85. The van der Waals surface area contributed by atoms with Crippen LogP contribution in [0.3, 0.4) is 0 Å². The number of hydrogen-bond donors (Lipinski definition) is 2. The van der Waals surface area contributed by atoms with Crippen molar-refractivity contribution in [3.63, 3.8) is 0 Å². The van der Waals surface area contributed by atoms with Crippen molar-refractivity contribution in [1.82, 2.24) is 15.6 Å². The number of halogens is 1. The van der Waals surface area contributed by atoms with Crippen molar-refractivity contribution in [2.75, 3.05) is 6.54 Å². The lowest BCUT2D eigenvalue weighted by Crippen LogP contribution is -2.42. The standard InChI is InChI=1S/C17H20FN3OS/c1-11-5-6-12-13(3-2-4-14(12)18)16(11)21-17(22)20-8-7-15-19-9-10-23-15/h2-4,9-11,16H,5-8H2,1H3,(H2,20,21,22). The fraction of sp³-hybridized carbons (Fsp3) is 0.412. The van der Waals surface area contributed by atoms with Crippen molar-refractivity contribution >= 4 is 17.4 Å². The van der Waals surface area contributed by atoms with E-state index in [4.69, 9.17) is 0 Å². The number of thiazole rings is 1. The number of carbonyl (C=O) groups is 1. The van der Waals surface area contributed by atoms with Crippen molar-refractivity contribution in [3.05, 3.63) is 51.7 Å². The molecule has 0 aliphatic heterocycles. The molecule has 0 bridgehead atoms. The molecule has 1 aliphatic rings. The number of benzene rings is 1. The average Bonchev–Trinajstić information content (AvgIpc) is 3.04. The fourth-order valence-corrected chi connectivity index (χ4v) is 3.67. The smallest absolute Gasteiger partial charge is 0.315 e. The van der Waals surface area contributed by atoms with Gasteiger partial charge >= 0.3 is 6.03 Å². The molecular formula is C17H20FN3OS. The van der Waals surface area contributed by atoms with Crippen LogP contribution in [-0.2, 0) is 12.8 Å². The van der Waals surface area contributed by atoms with Gasteiger partial charge in [-0.2, -0.15) is 0 Å². The predicted octanol–water partition coefficient (Wildman–Crippen LogP) is 3.45. The first-order chi connectivity index (χ1) is 11.1. The van der Waals surface area contributed by atoms with Gasteiger partial charge in [0, 0.05) is 24.5 Å². The average molecular weight is 333 g/mol. The van der Waals surface area contributed by atoms with Crippen molar-refractivity contribution in [1.29, 1.82) is 0 Å². The van der Waals surface area contributed by atoms with Crippen LogP contribution in [0.4, 0.5) is 9.18 Å². The summed E-state index contributed by atoms with van der Waals surface area (Å²) in [6.07, 6.45) is 4.08. The van der Waals surface area contributed by atoms with Crippen molar-refractivity contribution in [2.24, 2.45) is 5.92 Å². The van der Waals surface area contributed by atoms with Crippen LogP contribution < -0.4 is 10.6 Å². The van der Waals surface area contributed by atoms with Gasteiger partial charge in [-0.25, -0.2) is 14.2 Å². The van der Waals surface area contributed by atoms with Crippen LogP contribution in [0.5, 0.6) is 0 Å². The van der Waals surface area contributed by atoms with E-state index >= 15 is 0 Å². The van der Waals surface area contributed by atoms with Crippen LogP contribution in [0.15, 0.2) is 29.8 Å². The monoisotopic (exact) mass is 333 g/mol. The molecule has 122 valence electrons. The molecule has 1 aromatic carbocycles. The number of amides is 2. The molecule has 2 amide bonds. The largest absolute Gasteiger partial charge is 0.338 e. The summed E-state index contributed by atoms with van der Waals surface area (Å²) in [4.78, 5) is 16.3. The third-order valence-corrected chi connectivity index (χ3v) is 5.14. The maximum Gasteiger partial charge on any atom is 0.315 e. The third-order valence-electron chi connectivity index (χ3n) is 4.30. The molecule has 2 atom stereocenters. The van der Waals surface area contributed by atoms with Gasteiger partial charge < -0.3 is 10.6 Å². The molecular weight excluding hydrogens is 313 g/mol. The molecule has 2 N–H and O–H groups in total. The Kier molecular flexibility index (Phi) is 4.91. The molecule has 1 aliphatic carbocycles. The molecule has 2 aromatic rings. The summed E-state index contributed by atoms with van der Waals surface area (Å²) in [7, 11) is 0. The maximum absolute atomic E-state index is 13.9. The van der Waals surface area contributed by atoms with E-state index in [1.165, 1.54) is 6.07 Å². The quantitative estimate of drug-likeness (QED) is 0.900. The molecule has 6 heteroatoms. The zero-order chi connectivity index (χ0) is 16.2. The lowest BCUT2D eigenvalue weighted by molar-refractivity contribution is 0.229. The van der Waals surface area contributed by atoms with Crippen LogP contribution in [0.2, 0.25) is 0 Å². The Labute approximate surface area is 139 Å². The fourth-order valence-electron chi connectivity index (χ4n) is 3.05. The number of nitrogens with zero attached hydrogens (tertiary/aromatic N) is 1. The predicted molar refractivity (Wildman–Crippen MR) is 89.0 cm³/mol. The summed E-state index contributed by atoms with van der Waals surface area (Å²) in [5, 5.41) is 8.78. The number of aromatic nitrogens is 1. The van der Waals surface area contributed by atoms with Crippen LogP contribution >= 0.6 is 11.3 Å². The minimum atomic E-state index is -0.212. The highest BCUT2D eigenvalue weighted by atomic mass is 32.1.